The maximum Gasteiger partial charge on any atom is 0.112 e. The first-order valence-electron chi connectivity index (χ1n) is 11.2. The van der Waals surface area contributed by atoms with E-state index in [1.54, 1.807) is 0 Å². The van der Waals surface area contributed by atoms with Crippen molar-refractivity contribution in [2.45, 2.75) is 116 Å². The van der Waals surface area contributed by atoms with Gasteiger partial charge in [-0.25, -0.2) is 0 Å². The van der Waals surface area contributed by atoms with Crippen LogP contribution in [-0.2, 0) is 16.3 Å². The lowest BCUT2D eigenvalue weighted by Gasteiger charge is -2.19. The van der Waals surface area contributed by atoms with Crippen molar-refractivity contribution in [2.24, 2.45) is 11.8 Å². The Kier molecular flexibility index (Phi) is 14.6. The second-order valence-corrected chi connectivity index (χ2v) is 10.8. The molecule has 0 aromatic heterocycles. The van der Waals surface area contributed by atoms with Gasteiger partial charge in [0.15, 0.2) is 0 Å². The van der Waals surface area contributed by atoms with Gasteiger partial charge in [-0.05, 0) is 24.7 Å². The molecule has 3 nitrogen and oxygen atoms in total. The second kappa shape index (κ2) is 15.5. The third kappa shape index (κ3) is 15.6. The Balaban J connectivity index is 1.73. The zero-order valence-electron chi connectivity index (χ0n) is 17.0. The molecule has 3 atom stereocenters. The Morgan fingerprint density at radius 2 is 1.23 bits per heavy atom. The maximum atomic E-state index is 10.8. The molecule has 1 aliphatic carbocycles. The van der Waals surface area contributed by atoms with Gasteiger partial charge in [-0.2, -0.15) is 0 Å². The van der Waals surface area contributed by atoms with Crippen LogP contribution in [0, 0.1) is 11.8 Å². The molecule has 0 radical (unpaired) electrons. The van der Waals surface area contributed by atoms with Gasteiger partial charge in [-0.1, -0.05) is 115 Å². The Morgan fingerprint density at radius 3 is 1.69 bits per heavy atom. The Hall–Kier alpha value is 0.530. The minimum absolute atomic E-state index is 0.318. The average molecular weight is 406 g/mol. The van der Waals surface area contributed by atoms with Crippen LogP contribution in [0.3, 0.4) is 0 Å². The molecule has 156 valence electrons. The Labute approximate surface area is 167 Å². The first-order valence-corrected chi connectivity index (χ1v) is 13.8. The number of hydrogen-bond donors (Lipinski definition) is 1. The van der Waals surface area contributed by atoms with E-state index in [1.807, 2.05) is 0 Å². The molecule has 1 fully saturated rings. The van der Waals surface area contributed by atoms with Gasteiger partial charge in [-0.3, -0.25) is 0 Å². The summed E-state index contributed by atoms with van der Waals surface area (Å²) in [7, 11) is 0. The van der Waals surface area contributed by atoms with Gasteiger partial charge in [0.25, 0.3) is 0 Å². The summed E-state index contributed by atoms with van der Waals surface area (Å²) in [5.41, 5.74) is 0. The summed E-state index contributed by atoms with van der Waals surface area (Å²) in [6.45, 7) is -1.07. The fourth-order valence-corrected chi connectivity index (χ4v) is 4.54. The van der Waals surface area contributed by atoms with E-state index in [2.05, 4.69) is 18.7 Å². The largest absolute Gasteiger partial charge is 0.780 e. The zero-order chi connectivity index (χ0) is 19.1. The van der Waals surface area contributed by atoms with Crippen LogP contribution < -0.4 is 4.89 Å². The maximum absolute atomic E-state index is 10.8. The number of hydrogen-bond acceptors (Lipinski definition) is 3. The van der Waals surface area contributed by atoms with Gasteiger partial charge >= 0.3 is 0 Å². The highest BCUT2D eigenvalue weighted by molar-refractivity contribution is 8.06. The molecular weight excluding hydrogens is 363 g/mol. The van der Waals surface area contributed by atoms with Gasteiger partial charge in [0, 0.05) is 0 Å². The minimum Gasteiger partial charge on any atom is -0.780 e. The second-order valence-electron chi connectivity index (χ2n) is 8.23. The predicted octanol–water partition coefficient (Wildman–Crippen LogP) is 6.48. The minimum atomic E-state index is -3.68. The van der Waals surface area contributed by atoms with Crippen LogP contribution in [0.4, 0.5) is 0 Å². The van der Waals surface area contributed by atoms with Crippen LogP contribution in [0.5, 0.6) is 0 Å². The van der Waals surface area contributed by atoms with Crippen LogP contribution in [0.25, 0.3) is 0 Å². The number of unbranched alkanes of at least 4 members (excludes halogenated alkanes) is 12. The van der Waals surface area contributed by atoms with E-state index in [4.69, 9.17) is 9.42 Å². The highest BCUT2D eigenvalue weighted by Crippen LogP contribution is 2.45. The molecule has 0 aromatic carbocycles. The first-order chi connectivity index (χ1) is 12.5. The van der Waals surface area contributed by atoms with Crippen molar-refractivity contribution < 1.29 is 14.3 Å². The lowest BCUT2D eigenvalue weighted by molar-refractivity contribution is -0.201. The van der Waals surface area contributed by atoms with Crippen molar-refractivity contribution in [1.29, 1.82) is 0 Å². The molecule has 0 amide bonds. The topological polar surface area (TPSA) is 52.5 Å². The molecule has 3 unspecified atom stereocenters. The van der Waals surface area contributed by atoms with Crippen molar-refractivity contribution >= 4 is 18.5 Å². The SMILES string of the molecule is CCCCCCCCC1CC1CCCCCCCCCCOP([O-])(O)=S. The van der Waals surface area contributed by atoms with Crippen molar-refractivity contribution in [2.75, 3.05) is 6.61 Å². The van der Waals surface area contributed by atoms with E-state index < -0.39 is 6.72 Å². The lowest BCUT2D eigenvalue weighted by atomic mass is 10.0. The fraction of sp³-hybridized carbons (Fsp3) is 1.00. The summed E-state index contributed by atoms with van der Waals surface area (Å²) in [5, 5.41) is 0. The third-order valence-corrected chi connectivity index (χ3v) is 6.55. The molecule has 0 saturated heterocycles. The van der Waals surface area contributed by atoms with E-state index in [9.17, 15) is 4.89 Å². The van der Waals surface area contributed by atoms with Crippen molar-refractivity contribution in [3.05, 3.63) is 0 Å². The Morgan fingerprint density at radius 1 is 0.808 bits per heavy atom. The Bertz CT molecular complexity index is 372. The molecule has 1 saturated carbocycles. The summed E-state index contributed by atoms with van der Waals surface area (Å²) in [5.74, 6) is 2.14. The van der Waals surface area contributed by atoms with Gasteiger partial charge in [0.1, 0.15) is 6.72 Å². The average Bonchev–Trinajstić information content (AvgIpc) is 3.33. The molecule has 1 N–H and O–H groups in total. The van der Waals surface area contributed by atoms with Crippen LogP contribution in [0.2, 0.25) is 0 Å². The third-order valence-electron chi connectivity index (χ3n) is 5.72. The van der Waals surface area contributed by atoms with Crippen LogP contribution >= 0.6 is 6.72 Å². The van der Waals surface area contributed by atoms with E-state index in [1.165, 1.54) is 96.3 Å². The predicted molar refractivity (Wildman–Crippen MR) is 114 cm³/mol. The molecule has 0 spiro atoms. The highest BCUT2D eigenvalue weighted by Gasteiger charge is 2.34. The quantitative estimate of drug-likeness (QED) is 0.197. The van der Waals surface area contributed by atoms with Gasteiger partial charge in [-0.15, -0.1) is 0 Å². The number of rotatable bonds is 19. The van der Waals surface area contributed by atoms with E-state index in [0.29, 0.717) is 6.61 Å². The summed E-state index contributed by atoms with van der Waals surface area (Å²) in [6, 6.07) is 0. The standard InChI is InChI=1S/C21H43O3PS/c1-2-3-4-5-10-13-16-20-19-21(20)17-14-11-8-6-7-9-12-15-18-24-25(22,23)26/h20-21H,2-19H2,1H3,(H2,22,23,26)/p-1. The van der Waals surface area contributed by atoms with Crippen LogP contribution in [0.1, 0.15) is 116 Å². The smallest absolute Gasteiger partial charge is 0.112 e. The molecule has 5 heteroatoms. The summed E-state index contributed by atoms with van der Waals surface area (Å²) < 4.78 is 4.70. The van der Waals surface area contributed by atoms with Gasteiger partial charge in [0.05, 0.1) is 6.61 Å². The molecule has 0 heterocycles. The molecule has 0 bridgehead atoms. The van der Waals surface area contributed by atoms with E-state index in [0.717, 1.165) is 24.7 Å². The molecule has 1 aliphatic rings. The first kappa shape index (κ1) is 24.6. The van der Waals surface area contributed by atoms with Gasteiger partial charge < -0.3 is 14.3 Å². The molecule has 1 rings (SSSR count). The monoisotopic (exact) mass is 405 g/mol. The summed E-state index contributed by atoms with van der Waals surface area (Å²) >= 11 is 4.30. The molecule has 0 aliphatic heterocycles. The van der Waals surface area contributed by atoms with Gasteiger partial charge in [0.2, 0.25) is 0 Å². The van der Waals surface area contributed by atoms with E-state index >= 15 is 0 Å². The molecular formula is C21H42O3PS-. The zero-order valence-corrected chi connectivity index (χ0v) is 18.7. The van der Waals surface area contributed by atoms with Crippen molar-refractivity contribution in [1.82, 2.24) is 0 Å². The van der Waals surface area contributed by atoms with Crippen LogP contribution in [0.15, 0.2) is 0 Å². The summed E-state index contributed by atoms with van der Waals surface area (Å²) in [6.07, 6.45) is 23.0. The highest BCUT2D eigenvalue weighted by atomic mass is 32.5. The van der Waals surface area contributed by atoms with Crippen molar-refractivity contribution in [3.8, 4) is 0 Å². The molecule has 26 heavy (non-hydrogen) atoms. The lowest BCUT2D eigenvalue weighted by Crippen LogP contribution is -2.03. The fourth-order valence-electron chi connectivity index (χ4n) is 3.95. The van der Waals surface area contributed by atoms with E-state index in [-0.39, 0.29) is 0 Å². The normalized spacial score (nSPS) is 21.7. The molecule has 0 aromatic rings. The van der Waals surface area contributed by atoms with Crippen LogP contribution in [-0.4, -0.2) is 11.5 Å². The summed E-state index contributed by atoms with van der Waals surface area (Å²) in [4.78, 5) is 19.6. The van der Waals surface area contributed by atoms with Crippen molar-refractivity contribution in [3.63, 3.8) is 0 Å².